The normalized spacial score (nSPS) is 10.1. The van der Waals surface area contributed by atoms with E-state index in [1.54, 1.807) is 6.07 Å². The van der Waals surface area contributed by atoms with Crippen LogP contribution in [-0.4, -0.2) is 12.6 Å². The molecule has 0 heterocycles. The molecule has 0 N–H and O–H groups in total. The SMILES string of the molecule is C=CCCCOC(=O)c1cccc(Cc2ccccc2)c1. The fourth-order valence-corrected chi connectivity index (χ4v) is 2.12. The van der Waals surface area contributed by atoms with Crippen molar-refractivity contribution in [3.05, 3.63) is 83.9 Å². The highest BCUT2D eigenvalue weighted by atomic mass is 16.5. The summed E-state index contributed by atoms with van der Waals surface area (Å²) in [5, 5.41) is 0. The molecule has 0 bridgehead atoms. The van der Waals surface area contributed by atoms with E-state index in [4.69, 9.17) is 4.74 Å². The number of hydrogen-bond donors (Lipinski definition) is 0. The van der Waals surface area contributed by atoms with Gasteiger partial charge in [-0.1, -0.05) is 48.5 Å². The van der Waals surface area contributed by atoms with Gasteiger partial charge in [0.15, 0.2) is 0 Å². The van der Waals surface area contributed by atoms with Gasteiger partial charge in [-0.15, -0.1) is 6.58 Å². The largest absolute Gasteiger partial charge is 0.462 e. The van der Waals surface area contributed by atoms with Crippen LogP contribution in [0.3, 0.4) is 0 Å². The predicted octanol–water partition coefficient (Wildman–Crippen LogP) is 4.40. The third-order valence-electron chi connectivity index (χ3n) is 3.20. The number of esters is 1. The topological polar surface area (TPSA) is 26.3 Å². The summed E-state index contributed by atoms with van der Waals surface area (Å²) >= 11 is 0. The molecule has 2 aromatic rings. The molecule has 0 amide bonds. The van der Waals surface area contributed by atoms with E-state index in [1.807, 2.05) is 42.5 Å². The smallest absolute Gasteiger partial charge is 0.338 e. The molecule has 0 atom stereocenters. The Morgan fingerprint density at radius 2 is 1.81 bits per heavy atom. The minimum absolute atomic E-state index is 0.256. The Hall–Kier alpha value is -2.35. The van der Waals surface area contributed by atoms with Gasteiger partial charge in [0.1, 0.15) is 0 Å². The van der Waals surface area contributed by atoms with E-state index in [2.05, 4.69) is 18.7 Å². The van der Waals surface area contributed by atoms with Gasteiger partial charge >= 0.3 is 5.97 Å². The van der Waals surface area contributed by atoms with Gasteiger partial charge in [-0.05, 0) is 42.5 Å². The van der Waals surface area contributed by atoms with Crippen LogP contribution < -0.4 is 0 Å². The van der Waals surface area contributed by atoms with Gasteiger partial charge in [0.2, 0.25) is 0 Å². The van der Waals surface area contributed by atoms with Gasteiger partial charge in [0.25, 0.3) is 0 Å². The molecule has 0 aliphatic carbocycles. The number of rotatable bonds is 7. The van der Waals surface area contributed by atoms with Crippen LogP contribution in [0.5, 0.6) is 0 Å². The maximum atomic E-state index is 12.0. The molecule has 108 valence electrons. The second kappa shape index (κ2) is 8.05. The molecular weight excluding hydrogens is 260 g/mol. The molecule has 2 rings (SSSR count). The molecule has 2 heteroatoms. The van der Waals surface area contributed by atoms with E-state index < -0.39 is 0 Å². The molecule has 0 saturated heterocycles. The number of carbonyl (C=O) groups is 1. The lowest BCUT2D eigenvalue weighted by atomic mass is 10.0. The maximum Gasteiger partial charge on any atom is 0.338 e. The lowest BCUT2D eigenvalue weighted by molar-refractivity contribution is 0.0501. The van der Waals surface area contributed by atoms with Crippen LogP contribution in [0.15, 0.2) is 67.3 Å². The number of benzene rings is 2. The first-order chi connectivity index (χ1) is 10.3. The summed E-state index contributed by atoms with van der Waals surface area (Å²) in [5.41, 5.74) is 2.96. The van der Waals surface area contributed by atoms with Gasteiger partial charge in [0.05, 0.1) is 12.2 Å². The molecule has 0 saturated carbocycles. The molecule has 0 spiro atoms. The molecule has 0 aliphatic heterocycles. The molecule has 21 heavy (non-hydrogen) atoms. The van der Waals surface area contributed by atoms with Crippen LogP contribution in [0.1, 0.15) is 34.3 Å². The first kappa shape index (κ1) is 15.0. The minimum atomic E-state index is -0.256. The van der Waals surface area contributed by atoms with Crippen molar-refractivity contribution in [1.82, 2.24) is 0 Å². The molecule has 2 nitrogen and oxygen atoms in total. The fraction of sp³-hybridized carbons (Fsp3) is 0.211. The summed E-state index contributed by atoms with van der Waals surface area (Å²) < 4.78 is 5.25. The molecule has 0 unspecified atom stereocenters. The zero-order chi connectivity index (χ0) is 14.9. The van der Waals surface area contributed by atoms with Gasteiger partial charge in [-0.3, -0.25) is 0 Å². The standard InChI is InChI=1S/C19H20O2/c1-2-3-7-13-21-19(20)18-12-8-11-17(15-18)14-16-9-5-4-6-10-16/h2,4-6,8-12,15H,1,3,7,13-14H2. The van der Waals surface area contributed by atoms with Crippen molar-refractivity contribution >= 4 is 5.97 Å². The highest BCUT2D eigenvalue weighted by Gasteiger charge is 2.07. The van der Waals surface area contributed by atoms with E-state index in [1.165, 1.54) is 5.56 Å². The quantitative estimate of drug-likeness (QED) is 0.427. The van der Waals surface area contributed by atoms with Gasteiger partial charge in [0, 0.05) is 0 Å². The maximum absolute atomic E-state index is 12.0. The molecular formula is C19H20O2. The molecule has 0 fully saturated rings. The molecule has 0 radical (unpaired) electrons. The fourth-order valence-electron chi connectivity index (χ4n) is 2.12. The summed E-state index contributed by atoms with van der Waals surface area (Å²) in [4.78, 5) is 12.0. The summed E-state index contributed by atoms with van der Waals surface area (Å²) in [5.74, 6) is -0.256. The summed E-state index contributed by atoms with van der Waals surface area (Å²) in [6.07, 6.45) is 4.33. The van der Waals surface area contributed by atoms with E-state index in [-0.39, 0.29) is 5.97 Å². The Labute approximate surface area is 126 Å². The van der Waals surface area contributed by atoms with Crippen LogP contribution >= 0.6 is 0 Å². The minimum Gasteiger partial charge on any atom is -0.462 e. The second-order valence-corrected chi connectivity index (χ2v) is 4.93. The van der Waals surface area contributed by atoms with E-state index in [9.17, 15) is 4.79 Å². The van der Waals surface area contributed by atoms with Gasteiger partial charge in [-0.2, -0.15) is 0 Å². The van der Waals surface area contributed by atoms with E-state index in [0.29, 0.717) is 12.2 Å². The number of allylic oxidation sites excluding steroid dienone is 1. The third kappa shape index (κ3) is 4.92. The van der Waals surface area contributed by atoms with Gasteiger partial charge < -0.3 is 4.74 Å². The number of ether oxygens (including phenoxy) is 1. The van der Waals surface area contributed by atoms with Crippen LogP contribution in [0, 0.1) is 0 Å². The Kier molecular flexibility index (Phi) is 5.77. The molecule has 0 aromatic heterocycles. The van der Waals surface area contributed by atoms with Crippen molar-refractivity contribution in [1.29, 1.82) is 0 Å². The van der Waals surface area contributed by atoms with Crippen LogP contribution in [-0.2, 0) is 11.2 Å². The first-order valence-electron chi connectivity index (χ1n) is 7.20. The van der Waals surface area contributed by atoms with Crippen molar-refractivity contribution in [2.24, 2.45) is 0 Å². The Balaban J connectivity index is 1.97. The molecule has 0 aliphatic rings. The van der Waals surface area contributed by atoms with Crippen LogP contribution in [0.4, 0.5) is 0 Å². The molecule has 2 aromatic carbocycles. The number of hydrogen-bond acceptors (Lipinski definition) is 2. The zero-order valence-electron chi connectivity index (χ0n) is 12.1. The van der Waals surface area contributed by atoms with Crippen molar-refractivity contribution in [3.63, 3.8) is 0 Å². The van der Waals surface area contributed by atoms with E-state index in [0.717, 1.165) is 24.8 Å². The average Bonchev–Trinajstić information content (AvgIpc) is 2.53. The van der Waals surface area contributed by atoms with Crippen molar-refractivity contribution in [3.8, 4) is 0 Å². The Morgan fingerprint density at radius 3 is 2.57 bits per heavy atom. The second-order valence-electron chi connectivity index (χ2n) is 4.93. The number of carbonyl (C=O) groups excluding carboxylic acids is 1. The van der Waals surface area contributed by atoms with Gasteiger partial charge in [-0.25, -0.2) is 4.79 Å². The van der Waals surface area contributed by atoms with Crippen LogP contribution in [0.2, 0.25) is 0 Å². The predicted molar refractivity (Wildman–Crippen MR) is 85.4 cm³/mol. The lowest BCUT2D eigenvalue weighted by Gasteiger charge is -2.06. The Morgan fingerprint density at radius 1 is 1.05 bits per heavy atom. The van der Waals surface area contributed by atoms with Crippen molar-refractivity contribution in [2.45, 2.75) is 19.3 Å². The highest BCUT2D eigenvalue weighted by Crippen LogP contribution is 2.12. The monoisotopic (exact) mass is 280 g/mol. The lowest BCUT2D eigenvalue weighted by Crippen LogP contribution is -2.06. The Bertz CT molecular complexity index is 588. The third-order valence-corrected chi connectivity index (χ3v) is 3.20. The summed E-state index contributed by atoms with van der Waals surface area (Å²) in [7, 11) is 0. The summed E-state index contributed by atoms with van der Waals surface area (Å²) in [6, 6.07) is 17.8. The first-order valence-corrected chi connectivity index (χ1v) is 7.20. The van der Waals surface area contributed by atoms with Crippen LogP contribution in [0.25, 0.3) is 0 Å². The van der Waals surface area contributed by atoms with Crippen molar-refractivity contribution < 1.29 is 9.53 Å². The number of unbranched alkanes of at least 4 members (excludes halogenated alkanes) is 1. The van der Waals surface area contributed by atoms with E-state index >= 15 is 0 Å². The zero-order valence-corrected chi connectivity index (χ0v) is 12.1. The highest BCUT2D eigenvalue weighted by molar-refractivity contribution is 5.89. The average molecular weight is 280 g/mol. The summed E-state index contributed by atoms with van der Waals surface area (Å²) in [6.45, 7) is 4.08. The van der Waals surface area contributed by atoms with Crippen molar-refractivity contribution in [2.75, 3.05) is 6.61 Å².